The highest BCUT2D eigenvalue weighted by atomic mass is 35.5. The molecule has 0 bridgehead atoms. The molecule has 1 fully saturated rings. The van der Waals surface area contributed by atoms with E-state index < -0.39 is 10.0 Å². The SMILES string of the molecule is CCC(NC(=O)c1cc(S(=O)(=O)N(C)C)cc2c1OC(C)C2)C1CCCN1.Cl. The highest BCUT2D eigenvalue weighted by Crippen LogP contribution is 2.35. The summed E-state index contributed by atoms with van der Waals surface area (Å²) < 4.78 is 32.2. The van der Waals surface area contributed by atoms with E-state index in [2.05, 4.69) is 10.6 Å². The Kier molecular flexibility index (Phi) is 7.36. The minimum Gasteiger partial charge on any atom is -0.489 e. The first-order valence-electron chi connectivity index (χ1n) is 9.54. The summed E-state index contributed by atoms with van der Waals surface area (Å²) >= 11 is 0. The number of nitrogens with one attached hydrogen (secondary N) is 2. The fraction of sp³-hybridized carbons (Fsp3) is 0.632. The van der Waals surface area contributed by atoms with Crippen LogP contribution in [-0.4, -0.2) is 57.5 Å². The van der Waals surface area contributed by atoms with E-state index in [-0.39, 0.29) is 41.4 Å². The summed E-state index contributed by atoms with van der Waals surface area (Å²) in [6.07, 6.45) is 3.44. The van der Waals surface area contributed by atoms with Gasteiger partial charge >= 0.3 is 0 Å². The van der Waals surface area contributed by atoms with E-state index in [0.717, 1.165) is 35.7 Å². The van der Waals surface area contributed by atoms with Gasteiger partial charge in [-0.25, -0.2) is 12.7 Å². The van der Waals surface area contributed by atoms with Crippen LogP contribution in [-0.2, 0) is 16.4 Å². The van der Waals surface area contributed by atoms with Crippen molar-refractivity contribution >= 4 is 28.3 Å². The van der Waals surface area contributed by atoms with Crippen molar-refractivity contribution < 1.29 is 17.9 Å². The van der Waals surface area contributed by atoms with E-state index in [1.807, 2.05) is 13.8 Å². The summed E-state index contributed by atoms with van der Waals surface area (Å²) in [5.41, 5.74) is 1.07. The van der Waals surface area contributed by atoms with Crippen LogP contribution in [0, 0.1) is 0 Å². The molecule has 1 amide bonds. The molecule has 0 saturated carbocycles. The number of benzene rings is 1. The minimum absolute atomic E-state index is 0. The number of halogens is 1. The molecular formula is C19H30ClN3O4S. The normalized spacial score (nSPS) is 22.3. The average molecular weight is 432 g/mol. The van der Waals surface area contributed by atoms with Crippen LogP contribution in [0.5, 0.6) is 5.75 Å². The van der Waals surface area contributed by atoms with E-state index in [1.165, 1.54) is 20.2 Å². The van der Waals surface area contributed by atoms with Gasteiger partial charge in [0, 0.05) is 32.6 Å². The molecule has 2 N–H and O–H groups in total. The lowest BCUT2D eigenvalue weighted by Crippen LogP contribution is -2.47. The fourth-order valence-corrected chi connectivity index (χ4v) is 4.80. The predicted molar refractivity (Wildman–Crippen MR) is 111 cm³/mol. The number of hydrogen-bond donors (Lipinski definition) is 2. The summed E-state index contributed by atoms with van der Waals surface area (Å²) in [7, 11) is -0.663. The monoisotopic (exact) mass is 431 g/mol. The van der Waals surface area contributed by atoms with Crippen molar-refractivity contribution in [3.63, 3.8) is 0 Å². The van der Waals surface area contributed by atoms with Crippen molar-refractivity contribution in [1.29, 1.82) is 0 Å². The summed E-state index contributed by atoms with van der Waals surface area (Å²) in [5, 5.41) is 6.51. The first-order chi connectivity index (χ1) is 12.7. The Morgan fingerprint density at radius 1 is 1.39 bits per heavy atom. The van der Waals surface area contributed by atoms with Crippen LogP contribution in [0.4, 0.5) is 0 Å². The number of carbonyl (C=O) groups is 1. The Balaban J connectivity index is 0.00000280. The highest BCUT2D eigenvalue weighted by molar-refractivity contribution is 7.89. The summed E-state index contributed by atoms with van der Waals surface area (Å²) in [4.78, 5) is 13.2. The summed E-state index contributed by atoms with van der Waals surface area (Å²) in [5.74, 6) is 0.226. The maximum absolute atomic E-state index is 13.1. The molecule has 0 radical (unpaired) electrons. The van der Waals surface area contributed by atoms with Gasteiger partial charge in [-0.2, -0.15) is 0 Å². The first-order valence-corrected chi connectivity index (χ1v) is 11.0. The fourth-order valence-electron chi connectivity index (χ4n) is 3.82. The molecule has 3 rings (SSSR count). The average Bonchev–Trinajstić information content (AvgIpc) is 3.26. The molecule has 0 aliphatic carbocycles. The van der Waals surface area contributed by atoms with Gasteiger partial charge in [-0.1, -0.05) is 6.92 Å². The molecule has 3 unspecified atom stereocenters. The molecule has 1 aromatic carbocycles. The molecule has 2 heterocycles. The maximum atomic E-state index is 13.1. The first kappa shape index (κ1) is 22.9. The predicted octanol–water partition coefficient (Wildman–Crippen LogP) is 1.94. The Morgan fingerprint density at radius 3 is 2.68 bits per heavy atom. The molecule has 0 spiro atoms. The third-order valence-corrected chi connectivity index (χ3v) is 7.12. The third kappa shape index (κ3) is 4.45. The zero-order valence-electron chi connectivity index (χ0n) is 16.8. The maximum Gasteiger partial charge on any atom is 0.255 e. The second kappa shape index (κ2) is 8.98. The standard InChI is InChI=1S/C19H29N3O4S.ClH/c1-5-16(17-7-6-8-20-17)21-19(23)15-11-14(27(24,25)22(3)4)10-13-9-12(2)26-18(13)15;/h10-12,16-17,20H,5-9H2,1-4H3,(H,21,23);1H. The zero-order valence-corrected chi connectivity index (χ0v) is 18.5. The summed E-state index contributed by atoms with van der Waals surface area (Å²) in [6.45, 7) is 4.92. The number of fused-ring (bicyclic) bond motifs is 1. The lowest BCUT2D eigenvalue weighted by Gasteiger charge is -2.24. The van der Waals surface area contributed by atoms with Gasteiger partial charge in [0.15, 0.2) is 0 Å². The molecule has 3 atom stereocenters. The smallest absolute Gasteiger partial charge is 0.255 e. The van der Waals surface area contributed by atoms with Crippen LogP contribution < -0.4 is 15.4 Å². The van der Waals surface area contributed by atoms with E-state index >= 15 is 0 Å². The van der Waals surface area contributed by atoms with Crippen LogP contribution in [0.3, 0.4) is 0 Å². The molecule has 1 saturated heterocycles. The van der Waals surface area contributed by atoms with Gasteiger partial charge < -0.3 is 15.4 Å². The molecule has 7 nitrogen and oxygen atoms in total. The van der Waals surface area contributed by atoms with E-state index in [1.54, 1.807) is 6.07 Å². The van der Waals surface area contributed by atoms with Gasteiger partial charge in [-0.15, -0.1) is 12.4 Å². The van der Waals surface area contributed by atoms with Crippen LogP contribution >= 0.6 is 12.4 Å². The number of sulfonamides is 1. The minimum atomic E-state index is -3.64. The van der Waals surface area contributed by atoms with Gasteiger partial charge in [-0.3, -0.25) is 4.79 Å². The molecular weight excluding hydrogens is 402 g/mol. The Bertz CT molecular complexity index is 823. The second-order valence-electron chi connectivity index (χ2n) is 7.57. The largest absolute Gasteiger partial charge is 0.489 e. The van der Waals surface area contributed by atoms with Crippen molar-refractivity contribution in [3.8, 4) is 5.75 Å². The van der Waals surface area contributed by atoms with E-state index in [0.29, 0.717) is 17.7 Å². The van der Waals surface area contributed by atoms with Gasteiger partial charge in [0.05, 0.1) is 10.5 Å². The van der Waals surface area contributed by atoms with Crippen molar-refractivity contribution in [2.75, 3.05) is 20.6 Å². The van der Waals surface area contributed by atoms with Gasteiger partial charge in [0.2, 0.25) is 10.0 Å². The van der Waals surface area contributed by atoms with E-state index in [4.69, 9.17) is 4.74 Å². The molecule has 1 aromatic rings. The summed E-state index contributed by atoms with van der Waals surface area (Å²) in [6, 6.07) is 3.32. The number of carbonyl (C=O) groups excluding carboxylic acids is 1. The van der Waals surface area contributed by atoms with Crippen molar-refractivity contribution in [2.24, 2.45) is 0 Å². The molecule has 28 heavy (non-hydrogen) atoms. The van der Waals surface area contributed by atoms with Crippen molar-refractivity contribution in [2.45, 2.75) is 62.6 Å². The molecule has 2 aliphatic rings. The zero-order chi connectivity index (χ0) is 19.8. The number of amides is 1. The van der Waals surface area contributed by atoms with Gasteiger partial charge in [0.1, 0.15) is 11.9 Å². The Labute approximate surface area is 173 Å². The van der Waals surface area contributed by atoms with Crippen LogP contribution in [0.1, 0.15) is 49.0 Å². The number of ether oxygens (including phenoxy) is 1. The van der Waals surface area contributed by atoms with Gasteiger partial charge in [-0.05, 0) is 50.4 Å². The topological polar surface area (TPSA) is 87.7 Å². The highest BCUT2D eigenvalue weighted by Gasteiger charge is 2.32. The molecule has 9 heteroatoms. The van der Waals surface area contributed by atoms with Crippen LogP contribution in [0.2, 0.25) is 0 Å². The Morgan fingerprint density at radius 2 is 2.11 bits per heavy atom. The second-order valence-corrected chi connectivity index (χ2v) is 9.72. The molecule has 0 aromatic heterocycles. The van der Waals surface area contributed by atoms with Crippen LogP contribution in [0.15, 0.2) is 17.0 Å². The van der Waals surface area contributed by atoms with Crippen molar-refractivity contribution in [3.05, 3.63) is 23.3 Å². The lowest BCUT2D eigenvalue weighted by molar-refractivity contribution is 0.0922. The Hall–Kier alpha value is -1.35. The lowest BCUT2D eigenvalue weighted by atomic mass is 10.0. The quantitative estimate of drug-likeness (QED) is 0.718. The number of rotatable bonds is 6. The van der Waals surface area contributed by atoms with Gasteiger partial charge in [0.25, 0.3) is 5.91 Å². The molecule has 158 valence electrons. The van der Waals surface area contributed by atoms with E-state index in [9.17, 15) is 13.2 Å². The number of nitrogens with zero attached hydrogens (tertiary/aromatic N) is 1. The van der Waals surface area contributed by atoms with Crippen molar-refractivity contribution in [1.82, 2.24) is 14.9 Å². The third-order valence-electron chi connectivity index (χ3n) is 5.33. The van der Waals surface area contributed by atoms with Crippen LogP contribution in [0.25, 0.3) is 0 Å². The molecule has 2 aliphatic heterocycles. The number of hydrogen-bond acceptors (Lipinski definition) is 5.